The normalized spacial score (nSPS) is 12.1. The van der Waals surface area contributed by atoms with Crippen LogP contribution in [0.3, 0.4) is 0 Å². The quantitative estimate of drug-likeness (QED) is 0.0347. The van der Waals surface area contributed by atoms with Crippen LogP contribution in [-0.2, 0) is 28.6 Å². The highest BCUT2D eigenvalue weighted by molar-refractivity contribution is 5.71. The van der Waals surface area contributed by atoms with E-state index in [1.165, 1.54) is 154 Å². The molecule has 0 aromatic heterocycles. The van der Waals surface area contributed by atoms with E-state index in [0.717, 1.165) is 76.0 Å². The molecule has 6 heteroatoms. The van der Waals surface area contributed by atoms with Gasteiger partial charge in [-0.15, -0.1) is 0 Å². The molecule has 0 bridgehead atoms. The average Bonchev–Trinajstić information content (AvgIpc) is 3.16. The Kier molecular flexibility index (Phi) is 41.8. The van der Waals surface area contributed by atoms with Crippen LogP contribution in [0.4, 0.5) is 0 Å². The van der Waals surface area contributed by atoms with Crippen molar-refractivity contribution in [2.75, 3.05) is 13.2 Å². The zero-order valence-corrected chi connectivity index (χ0v) is 38.3. The van der Waals surface area contributed by atoms with Gasteiger partial charge >= 0.3 is 17.9 Å². The Hall–Kier alpha value is -1.59. The molecule has 6 nitrogen and oxygen atoms in total. The summed E-state index contributed by atoms with van der Waals surface area (Å²) in [5.41, 5.74) is 0. The van der Waals surface area contributed by atoms with Gasteiger partial charge in [-0.05, 0) is 31.1 Å². The summed E-state index contributed by atoms with van der Waals surface area (Å²) in [6, 6.07) is 0. The minimum absolute atomic E-state index is 0.0650. The fraction of sp³-hybridized carbons (Fsp3) is 0.940. The Balaban J connectivity index is 4.13. The summed E-state index contributed by atoms with van der Waals surface area (Å²) in [6.45, 7) is 11.3. The van der Waals surface area contributed by atoms with E-state index >= 15 is 0 Å². The van der Waals surface area contributed by atoms with Gasteiger partial charge in [0.1, 0.15) is 13.2 Å². The lowest BCUT2D eigenvalue weighted by atomic mass is 10.0. The average molecular weight is 793 g/mol. The Morgan fingerprint density at radius 2 is 0.589 bits per heavy atom. The smallest absolute Gasteiger partial charge is 0.306 e. The molecule has 1 atom stereocenters. The number of carbonyl (C=O) groups excluding carboxylic acids is 3. The van der Waals surface area contributed by atoms with Crippen LogP contribution in [0.15, 0.2) is 0 Å². The number of unbranched alkanes of at least 4 members (excludes halogenated alkanes) is 29. The van der Waals surface area contributed by atoms with Gasteiger partial charge in [0.25, 0.3) is 0 Å². The van der Waals surface area contributed by atoms with Crippen molar-refractivity contribution < 1.29 is 28.6 Å². The Morgan fingerprint density at radius 1 is 0.339 bits per heavy atom. The van der Waals surface area contributed by atoms with Crippen LogP contribution in [-0.4, -0.2) is 37.2 Å². The van der Waals surface area contributed by atoms with Crippen molar-refractivity contribution in [3.63, 3.8) is 0 Å². The van der Waals surface area contributed by atoms with Crippen LogP contribution in [0.5, 0.6) is 0 Å². The fourth-order valence-corrected chi connectivity index (χ4v) is 7.46. The summed E-state index contributed by atoms with van der Waals surface area (Å²) < 4.78 is 16.7. The zero-order valence-electron chi connectivity index (χ0n) is 38.3. The van der Waals surface area contributed by atoms with Crippen molar-refractivity contribution in [3.8, 4) is 0 Å². The monoisotopic (exact) mass is 793 g/mol. The molecule has 0 radical (unpaired) electrons. The highest BCUT2D eigenvalue weighted by Crippen LogP contribution is 2.17. The van der Waals surface area contributed by atoms with Gasteiger partial charge in [0.05, 0.1) is 0 Å². The largest absolute Gasteiger partial charge is 0.462 e. The molecule has 0 fully saturated rings. The van der Waals surface area contributed by atoms with E-state index in [2.05, 4.69) is 34.6 Å². The van der Waals surface area contributed by atoms with Gasteiger partial charge in [0, 0.05) is 19.3 Å². The molecule has 0 unspecified atom stereocenters. The second-order valence-corrected chi connectivity index (χ2v) is 18.1. The molecule has 0 saturated carbocycles. The third kappa shape index (κ3) is 43.5. The first kappa shape index (κ1) is 54.4. The van der Waals surface area contributed by atoms with Crippen LogP contribution in [0.25, 0.3) is 0 Å². The first-order chi connectivity index (χ1) is 27.2. The minimum Gasteiger partial charge on any atom is -0.462 e. The predicted molar refractivity (Wildman–Crippen MR) is 238 cm³/mol. The summed E-state index contributed by atoms with van der Waals surface area (Å²) >= 11 is 0. The lowest BCUT2D eigenvalue weighted by Gasteiger charge is -2.18. The van der Waals surface area contributed by atoms with Crippen molar-refractivity contribution in [2.24, 2.45) is 11.8 Å². The molecule has 0 aliphatic carbocycles. The van der Waals surface area contributed by atoms with Crippen molar-refractivity contribution >= 4 is 17.9 Å². The molecule has 0 heterocycles. The number of esters is 3. The summed E-state index contributed by atoms with van der Waals surface area (Å²) in [5, 5.41) is 0. The first-order valence-electron chi connectivity index (χ1n) is 24.7. The van der Waals surface area contributed by atoms with E-state index in [4.69, 9.17) is 14.2 Å². The predicted octanol–water partition coefficient (Wildman–Crippen LogP) is 15.8. The maximum absolute atomic E-state index is 12.7. The number of hydrogen-bond donors (Lipinski definition) is 0. The number of ether oxygens (including phenoxy) is 3. The highest BCUT2D eigenvalue weighted by atomic mass is 16.6. The van der Waals surface area contributed by atoms with Gasteiger partial charge in [-0.1, -0.05) is 234 Å². The van der Waals surface area contributed by atoms with Crippen molar-refractivity contribution in [2.45, 2.75) is 278 Å². The van der Waals surface area contributed by atoms with Crippen molar-refractivity contribution in [1.82, 2.24) is 0 Å². The number of rotatable bonds is 44. The fourth-order valence-electron chi connectivity index (χ4n) is 7.46. The Morgan fingerprint density at radius 3 is 0.875 bits per heavy atom. The van der Waals surface area contributed by atoms with E-state index in [9.17, 15) is 14.4 Å². The molecule has 0 rings (SSSR count). The summed E-state index contributed by atoms with van der Waals surface area (Å²) in [5.74, 6) is 0.817. The first-order valence-corrected chi connectivity index (χ1v) is 24.7. The molecule has 0 aromatic rings. The zero-order chi connectivity index (χ0) is 41.2. The lowest BCUT2D eigenvalue weighted by molar-refractivity contribution is -0.167. The molecule has 0 saturated heterocycles. The van der Waals surface area contributed by atoms with E-state index < -0.39 is 6.10 Å². The molecule has 0 aliphatic heterocycles. The summed E-state index contributed by atoms with van der Waals surface area (Å²) in [4.78, 5) is 37.6. The summed E-state index contributed by atoms with van der Waals surface area (Å²) in [6.07, 6.45) is 42.6. The third-order valence-electron chi connectivity index (χ3n) is 11.2. The molecule has 0 aromatic carbocycles. The molecule has 0 aliphatic rings. The Labute approximate surface area is 348 Å². The SMILES string of the molecule is CCCCCCCC(=O)OC[C@H](COC(=O)CCCCCCCCCCCCCCC(C)C)OC(=O)CCCCCCCCCCCCCCCCCC(C)C. The molecule has 332 valence electrons. The van der Waals surface area contributed by atoms with E-state index in [1.54, 1.807) is 0 Å². The Bertz CT molecular complexity index is 854. The molecule has 0 amide bonds. The van der Waals surface area contributed by atoms with E-state index in [0.29, 0.717) is 19.3 Å². The van der Waals surface area contributed by atoms with Crippen LogP contribution in [0.2, 0.25) is 0 Å². The minimum atomic E-state index is -0.759. The highest BCUT2D eigenvalue weighted by Gasteiger charge is 2.19. The molecular formula is C50H96O6. The van der Waals surface area contributed by atoms with Crippen LogP contribution in [0.1, 0.15) is 272 Å². The topological polar surface area (TPSA) is 78.9 Å². The molecular weight excluding hydrogens is 697 g/mol. The maximum Gasteiger partial charge on any atom is 0.306 e. The van der Waals surface area contributed by atoms with Gasteiger partial charge in [0.2, 0.25) is 0 Å². The second kappa shape index (κ2) is 43.0. The standard InChI is InChI=1S/C50H96O6/c1-6-7-8-28-35-40-48(51)54-43-47(44-55-49(52)41-36-31-26-22-18-15-14-17-21-25-30-34-39-46(4)5)56-50(53)42-37-32-27-23-19-13-11-9-10-12-16-20-24-29-33-38-45(2)3/h45-47H,6-44H2,1-5H3/t47-/m1/s1. The lowest BCUT2D eigenvalue weighted by Crippen LogP contribution is -2.30. The van der Waals surface area contributed by atoms with Crippen LogP contribution < -0.4 is 0 Å². The van der Waals surface area contributed by atoms with Gasteiger partial charge < -0.3 is 14.2 Å². The molecule has 56 heavy (non-hydrogen) atoms. The maximum atomic E-state index is 12.7. The molecule has 0 spiro atoms. The van der Waals surface area contributed by atoms with Gasteiger partial charge in [-0.25, -0.2) is 0 Å². The third-order valence-corrected chi connectivity index (χ3v) is 11.2. The van der Waals surface area contributed by atoms with E-state index in [1.807, 2.05) is 0 Å². The molecule has 0 N–H and O–H groups in total. The van der Waals surface area contributed by atoms with Gasteiger partial charge in [-0.2, -0.15) is 0 Å². The summed E-state index contributed by atoms with van der Waals surface area (Å²) in [7, 11) is 0. The van der Waals surface area contributed by atoms with Crippen LogP contribution in [0, 0.1) is 11.8 Å². The number of hydrogen-bond acceptors (Lipinski definition) is 6. The van der Waals surface area contributed by atoms with Crippen molar-refractivity contribution in [3.05, 3.63) is 0 Å². The second-order valence-electron chi connectivity index (χ2n) is 18.1. The van der Waals surface area contributed by atoms with Gasteiger partial charge in [-0.3, -0.25) is 14.4 Å². The van der Waals surface area contributed by atoms with E-state index in [-0.39, 0.29) is 31.1 Å². The number of carbonyl (C=O) groups is 3. The van der Waals surface area contributed by atoms with Crippen LogP contribution >= 0.6 is 0 Å². The van der Waals surface area contributed by atoms with Crippen molar-refractivity contribution in [1.29, 1.82) is 0 Å². The van der Waals surface area contributed by atoms with Gasteiger partial charge in [0.15, 0.2) is 6.10 Å².